The van der Waals surface area contributed by atoms with Gasteiger partial charge in [-0.25, -0.2) is 0 Å². The number of rotatable bonds is 4. The molecule has 4 nitrogen and oxygen atoms in total. The van der Waals surface area contributed by atoms with Crippen molar-refractivity contribution in [3.8, 4) is 11.5 Å². The summed E-state index contributed by atoms with van der Waals surface area (Å²) in [5.74, 6) is 1.58. The van der Waals surface area contributed by atoms with Gasteiger partial charge < -0.3 is 19.3 Å². The fourth-order valence-electron chi connectivity index (χ4n) is 2.34. The molecule has 1 heterocycles. The Morgan fingerprint density at radius 1 is 1.00 bits per heavy atom. The lowest BCUT2D eigenvalue weighted by molar-refractivity contribution is 0.271. The quantitative estimate of drug-likeness (QED) is 0.814. The lowest BCUT2D eigenvalue weighted by Gasteiger charge is -2.35. The predicted octanol–water partition coefficient (Wildman–Crippen LogP) is 1.85. The number of hydrogen-bond acceptors (Lipinski definition) is 4. The highest BCUT2D eigenvalue weighted by Gasteiger charge is 2.17. The molecule has 1 aliphatic rings. The van der Waals surface area contributed by atoms with Gasteiger partial charge in [0.05, 0.1) is 14.2 Å². The molecule has 2 rings (SSSR count). The summed E-state index contributed by atoms with van der Waals surface area (Å²) in [5.41, 5.74) is 1.21. The molecule has 100 valence electrons. The molecule has 4 heteroatoms. The molecule has 0 bridgehead atoms. The Hall–Kier alpha value is -1.42. The van der Waals surface area contributed by atoms with Crippen molar-refractivity contribution in [3.63, 3.8) is 0 Å². The number of anilines is 1. The summed E-state index contributed by atoms with van der Waals surface area (Å²) in [6.07, 6.45) is 0. The van der Waals surface area contributed by atoms with E-state index in [-0.39, 0.29) is 0 Å². The maximum Gasteiger partial charge on any atom is 0.162 e. The SMILES string of the molecule is CCN1CCN(c2ccc(OC)c(OC)c2)CC1. The normalized spacial score (nSPS) is 16.7. The van der Waals surface area contributed by atoms with Crippen LogP contribution in [0.25, 0.3) is 0 Å². The van der Waals surface area contributed by atoms with Gasteiger partial charge in [-0.1, -0.05) is 6.92 Å². The van der Waals surface area contributed by atoms with Gasteiger partial charge in [0.2, 0.25) is 0 Å². The van der Waals surface area contributed by atoms with Crippen molar-refractivity contribution in [2.45, 2.75) is 6.92 Å². The molecule has 0 N–H and O–H groups in total. The van der Waals surface area contributed by atoms with Crippen molar-refractivity contribution in [2.75, 3.05) is 51.8 Å². The predicted molar refractivity (Wildman–Crippen MR) is 73.9 cm³/mol. The fraction of sp³-hybridized carbons (Fsp3) is 0.571. The minimum Gasteiger partial charge on any atom is -0.493 e. The highest BCUT2D eigenvalue weighted by Crippen LogP contribution is 2.31. The van der Waals surface area contributed by atoms with E-state index in [4.69, 9.17) is 9.47 Å². The van der Waals surface area contributed by atoms with E-state index >= 15 is 0 Å². The lowest BCUT2D eigenvalue weighted by atomic mass is 10.2. The number of likely N-dealkylation sites (N-methyl/N-ethyl adjacent to an activating group) is 1. The lowest BCUT2D eigenvalue weighted by Crippen LogP contribution is -2.46. The molecule has 1 saturated heterocycles. The molecule has 0 atom stereocenters. The van der Waals surface area contributed by atoms with E-state index < -0.39 is 0 Å². The van der Waals surface area contributed by atoms with Crippen LogP contribution in [-0.2, 0) is 0 Å². The van der Waals surface area contributed by atoms with Gasteiger partial charge in [0.15, 0.2) is 11.5 Å². The highest BCUT2D eigenvalue weighted by molar-refractivity contribution is 5.56. The van der Waals surface area contributed by atoms with Crippen molar-refractivity contribution < 1.29 is 9.47 Å². The van der Waals surface area contributed by atoms with E-state index in [1.54, 1.807) is 14.2 Å². The Bertz CT molecular complexity index is 387. The molecule has 0 aliphatic carbocycles. The average Bonchev–Trinajstić information content (AvgIpc) is 2.46. The molecule has 1 aromatic carbocycles. The van der Waals surface area contributed by atoms with Gasteiger partial charge in [-0.3, -0.25) is 0 Å². The van der Waals surface area contributed by atoms with Crippen molar-refractivity contribution in [3.05, 3.63) is 18.2 Å². The summed E-state index contributed by atoms with van der Waals surface area (Å²) in [4.78, 5) is 4.87. The zero-order valence-corrected chi connectivity index (χ0v) is 11.5. The molecule has 0 radical (unpaired) electrons. The molecule has 1 aromatic rings. The minimum atomic E-state index is 0.786. The number of benzene rings is 1. The first-order valence-corrected chi connectivity index (χ1v) is 6.47. The van der Waals surface area contributed by atoms with Crippen molar-refractivity contribution >= 4 is 5.69 Å². The molecule has 1 fully saturated rings. The molecular weight excluding hydrogens is 228 g/mol. The molecule has 0 saturated carbocycles. The Morgan fingerprint density at radius 3 is 2.22 bits per heavy atom. The number of hydrogen-bond donors (Lipinski definition) is 0. The van der Waals surface area contributed by atoms with Crippen LogP contribution in [-0.4, -0.2) is 51.8 Å². The van der Waals surface area contributed by atoms with E-state index in [2.05, 4.69) is 28.9 Å². The second-order valence-corrected chi connectivity index (χ2v) is 4.46. The Balaban J connectivity index is 2.09. The Morgan fingerprint density at radius 2 is 1.67 bits per heavy atom. The van der Waals surface area contributed by atoms with Gasteiger partial charge in [-0.2, -0.15) is 0 Å². The largest absolute Gasteiger partial charge is 0.493 e. The molecule has 0 amide bonds. The van der Waals surface area contributed by atoms with E-state index in [9.17, 15) is 0 Å². The van der Waals surface area contributed by atoms with Crippen LogP contribution in [0.1, 0.15) is 6.92 Å². The van der Waals surface area contributed by atoms with Gasteiger partial charge in [0.25, 0.3) is 0 Å². The first kappa shape index (κ1) is 13.0. The van der Waals surface area contributed by atoms with Gasteiger partial charge in [-0.05, 0) is 18.7 Å². The summed E-state index contributed by atoms with van der Waals surface area (Å²) in [5, 5.41) is 0. The number of ether oxygens (including phenoxy) is 2. The molecule has 18 heavy (non-hydrogen) atoms. The summed E-state index contributed by atoms with van der Waals surface area (Å²) in [6, 6.07) is 6.13. The van der Waals surface area contributed by atoms with Crippen LogP contribution >= 0.6 is 0 Å². The van der Waals surface area contributed by atoms with Gasteiger partial charge in [-0.15, -0.1) is 0 Å². The smallest absolute Gasteiger partial charge is 0.162 e. The summed E-state index contributed by atoms with van der Waals surface area (Å²) in [7, 11) is 3.34. The number of nitrogens with zero attached hydrogens (tertiary/aromatic N) is 2. The summed E-state index contributed by atoms with van der Waals surface area (Å²) >= 11 is 0. The molecule has 0 unspecified atom stereocenters. The maximum absolute atomic E-state index is 5.35. The zero-order chi connectivity index (χ0) is 13.0. The van der Waals surface area contributed by atoms with Crippen LogP contribution in [0.5, 0.6) is 11.5 Å². The Kier molecular flexibility index (Phi) is 4.31. The summed E-state index contributed by atoms with van der Waals surface area (Å²) < 4.78 is 10.6. The highest BCUT2D eigenvalue weighted by atomic mass is 16.5. The molecule has 0 aromatic heterocycles. The van der Waals surface area contributed by atoms with Crippen LogP contribution in [0.4, 0.5) is 5.69 Å². The summed E-state index contributed by atoms with van der Waals surface area (Å²) in [6.45, 7) is 7.76. The standard InChI is InChI=1S/C14H22N2O2/c1-4-15-7-9-16(10-8-15)12-5-6-13(17-2)14(11-12)18-3/h5-6,11H,4,7-10H2,1-3H3. The number of piperazine rings is 1. The minimum absolute atomic E-state index is 0.786. The van der Waals surface area contributed by atoms with E-state index in [0.29, 0.717) is 0 Å². The van der Waals surface area contributed by atoms with Crippen molar-refractivity contribution in [1.82, 2.24) is 4.90 Å². The molecule has 0 spiro atoms. The van der Waals surface area contributed by atoms with Crippen LogP contribution in [0, 0.1) is 0 Å². The third-order valence-electron chi connectivity index (χ3n) is 3.55. The second kappa shape index (κ2) is 5.96. The van der Waals surface area contributed by atoms with Gasteiger partial charge in [0, 0.05) is 37.9 Å². The van der Waals surface area contributed by atoms with Crippen LogP contribution in [0.15, 0.2) is 18.2 Å². The molecular formula is C14H22N2O2. The van der Waals surface area contributed by atoms with Crippen molar-refractivity contribution in [1.29, 1.82) is 0 Å². The third-order valence-corrected chi connectivity index (χ3v) is 3.55. The van der Waals surface area contributed by atoms with Crippen LogP contribution in [0.3, 0.4) is 0 Å². The third kappa shape index (κ3) is 2.70. The van der Waals surface area contributed by atoms with Gasteiger partial charge in [0.1, 0.15) is 0 Å². The maximum atomic E-state index is 5.35. The second-order valence-electron chi connectivity index (χ2n) is 4.46. The Labute approximate surface area is 109 Å². The molecule has 1 aliphatic heterocycles. The van der Waals surface area contributed by atoms with Crippen LogP contribution < -0.4 is 14.4 Å². The van der Waals surface area contributed by atoms with Crippen molar-refractivity contribution in [2.24, 2.45) is 0 Å². The topological polar surface area (TPSA) is 24.9 Å². The van der Waals surface area contributed by atoms with E-state index in [1.165, 1.54) is 5.69 Å². The van der Waals surface area contributed by atoms with Gasteiger partial charge >= 0.3 is 0 Å². The first-order valence-electron chi connectivity index (χ1n) is 6.47. The zero-order valence-electron chi connectivity index (χ0n) is 11.5. The number of methoxy groups -OCH3 is 2. The van der Waals surface area contributed by atoms with E-state index in [0.717, 1.165) is 44.2 Å². The average molecular weight is 250 g/mol. The monoisotopic (exact) mass is 250 g/mol. The van der Waals surface area contributed by atoms with E-state index in [1.807, 2.05) is 6.07 Å². The fourth-order valence-corrected chi connectivity index (χ4v) is 2.34. The van der Waals surface area contributed by atoms with Crippen LogP contribution in [0.2, 0.25) is 0 Å². The first-order chi connectivity index (χ1) is 8.78.